The van der Waals surface area contributed by atoms with Gasteiger partial charge in [0, 0.05) is 13.1 Å². The summed E-state index contributed by atoms with van der Waals surface area (Å²) in [6.07, 6.45) is 6.68. The van der Waals surface area contributed by atoms with Crippen LogP contribution in [0, 0.1) is 0 Å². The van der Waals surface area contributed by atoms with E-state index in [0.717, 1.165) is 19.5 Å². The Balaban J connectivity index is 2.67. The molecule has 1 heterocycles. The lowest BCUT2D eigenvalue weighted by Crippen LogP contribution is -2.27. The van der Waals surface area contributed by atoms with E-state index in [4.69, 9.17) is 0 Å². The number of nitrogens with zero attached hydrogens (tertiary/aromatic N) is 4. The van der Waals surface area contributed by atoms with Crippen molar-refractivity contribution in [2.75, 3.05) is 18.0 Å². The number of thiol groups is 2. The summed E-state index contributed by atoms with van der Waals surface area (Å²) in [5.41, 5.74) is 0. The summed E-state index contributed by atoms with van der Waals surface area (Å²) < 4.78 is 0. The van der Waals surface area contributed by atoms with Crippen molar-refractivity contribution in [1.82, 2.24) is 15.0 Å². The van der Waals surface area contributed by atoms with Gasteiger partial charge in [-0.15, -0.1) is 31.8 Å². The summed E-state index contributed by atoms with van der Waals surface area (Å²) >= 11 is 8.29. The second-order valence-corrected chi connectivity index (χ2v) is 4.83. The molecule has 0 aliphatic rings. The fourth-order valence-electron chi connectivity index (χ4n) is 1.64. The van der Waals surface area contributed by atoms with Crippen molar-refractivity contribution in [3.8, 4) is 0 Å². The van der Waals surface area contributed by atoms with Gasteiger partial charge in [-0.1, -0.05) is 32.3 Å². The first-order valence-corrected chi connectivity index (χ1v) is 7.06. The maximum atomic E-state index is 4.22. The molecule has 0 aromatic carbocycles. The highest BCUT2D eigenvalue weighted by Crippen LogP contribution is 2.13. The Labute approximate surface area is 120 Å². The first-order valence-electron chi connectivity index (χ1n) is 6.17. The topological polar surface area (TPSA) is 41.9 Å². The number of rotatable bonds is 8. The Morgan fingerprint density at radius 2 is 1.78 bits per heavy atom. The smallest absolute Gasteiger partial charge is 0.230 e. The largest absolute Gasteiger partial charge is 0.337 e. The van der Waals surface area contributed by atoms with E-state index in [1.165, 1.54) is 19.3 Å². The fourth-order valence-corrected chi connectivity index (χ4v) is 2.09. The molecule has 0 bridgehead atoms. The van der Waals surface area contributed by atoms with Crippen LogP contribution < -0.4 is 4.90 Å². The van der Waals surface area contributed by atoms with Crippen LogP contribution in [0.2, 0.25) is 0 Å². The average Bonchev–Trinajstić information content (AvgIpc) is 2.32. The van der Waals surface area contributed by atoms with E-state index in [1.54, 1.807) is 0 Å². The van der Waals surface area contributed by atoms with E-state index >= 15 is 0 Å². The molecule has 0 radical (unpaired) electrons. The number of unbranched alkanes of at least 4 members (excludes halogenated alkanes) is 3. The third-order valence-electron chi connectivity index (χ3n) is 2.51. The van der Waals surface area contributed by atoms with Crippen molar-refractivity contribution in [3.63, 3.8) is 0 Å². The third-order valence-corrected chi connectivity index (χ3v) is 2.91. The van der Waals surface area contributed by atoms with Crippen molar-refractivity contribution in [1.29, 1.82) is 0 Å². The van der Waals surface area contributed by atoms with Crippen LogP contribution in [0.4, 0.5) is 5.95 Å². The number of aromatic nitrogens is 3. The second kappa shape index (κ2) is 8.37. The van der Waals surface area contributed by atoms with Gasteiger partial charge in [0.2, 0.25) is 5.95 Å². The summed E-state index contributed by atoms with van der Waals surface area (Å²) in [7, 11) is 0. The molecule has 0 saturated heterocycles. The molecule has 1 aromatic heterocycles. The predicted molar refractivity (Wildman–Crippen MR) is 80.9 cm³/mol. The number of anilines is 1. The van der Waals surface area contributed by atoms with Gasteiger partial charge in [0.25, 0.3) is 0 Å². The SMILES string of the molecule is C=CCN(CCCCCC)c1nc(S)nc(S)n1. The molecule has 0 fully saturated rings. The van der Waals surface area contributed by atoms with E-state index in [-0.39, 0.29) is 0 Å². The zero-order valence-corrected chi connectivity index (χ0v) is 12.5. The lowest BCUT2D eigenvalue weighted by Gasteiger charge is -2.21. The molecule has 0 amide bonds. The van der Waals surface area contributed by atoms with Crippen LogP contribution in [0.15, 0.2) is 23.0 Å². The van der Waals surface area contributed by atoms with Crippen molar-refractivity contribution >= 4 is 31.2 Å². The van der Waals surface area contributed by atoms with Gasteiger partial charge in [0.1, 0.15) is 0 Å². The summed E-state index contributed by atoms with van der Waals surface area (Å²) in [6.45, 7) is 7.60. The summed E-state index contributed by atoms with van der Waals surface area (Å²) in [4.78, 5) is 14.5. The quantitative estimate of drug-likeness (QED) is 0.437. The second-order valence-electron chi connectivity index (χ2n) is 4.03. The van der Waals surface area contributed by atoms with Gasteiger partial charge in [-0.05, 0) is 6.42 Å². The van der Waals surface area contributed by atoms with Crippen LogP contribution in [0.1, 0.15) is 32.6 Å². The minimum atomic E-state index is 0.396. The van der Waals surface area contributed by atoms with Gasteiger partial charge in [0.15, 0.2) is 10.3 Å². The molecule has 18 heavy (non-hydrogen) atoms. The number of hydrogen-bond donors (Lipinski definition) is 2. The Morgan fingerprint density at radius 3 is 2.33 bits per heavy atom. The van der Waals surface area contributed by atoms with Crippen molar-refractivity contribution in [3.05, 3.63) is 12.7 Å². The van der Waals surface area contributed by atoms with Crippen LogP contribution in [-0.4, -0.2) is 28.0 Å². The Kier molecular flexibility index (Phi) is 7.12. The molecule has 0 spiro atoms. The maximum absolute atomic E-state index is 4.22. The standard InChI is InChI=1S/C12H20N4S2/c1-3-5-6-7-9-16(8-4-2)10-13-11(17)15-12(18)14-10/h4H,2-3,5-9H2,1H3,(H2,13,14,15,17,18). The molecule has 0 aliphatic carbocycles. The molecule has 6 heteroatoms. The minimum absolute atomic E-state index is 0.396. The Bertz CT molecular complexity index is 364. The molecule has 0 N–H and O–H groups in total. The molecular formula is C12H20N4S2. The van der Waals surface area contributed by atoms with Crippen LogP contribution >= 0.6 is 25.3 Å². The first-order chi connectivity index (χ1) is 8.67. The van der Waals surface area contributed by atoms with Crippen LogP contribution in [0.3, 0.4) is 0 Å². The highest BCUT2D eigenvalue weighted by atomic mass is 32.1. The van der Waals surface area contributed by atoms with Crippen LogP contribution in [-0.2, 0) is 0 Å². The Hall–Kier alpha value is -0.750. The molecule has 0 atom stereocenters. The van der Waals surface area contributed by atoms with E-state index < -0.39 is 0 Å². The average molecular weight is 284 g/mol. The zero-order chi connectivity index (χ0) is 13.4. The van der Waals surface area contributed by atoms with Gasteiger partial charge in [-0.25, -0.2) is 0 Å². The van der Waals surface area contributed by atoms with E-state index in [0.29, 0.717) is 16.3 Å². The monoisotopic (exact) mass is 284 g/mol. The molecule has 0 aliphatic heterocycles. The van der Waals surface area contributed by atoms with Crippen molar-refractivity contribution < 1.29 is 0 Å². The Morgan fingerprint density at radius 1 is 1.11 bits per heavy atom. The van der Waals surface area contributed by atoms with Crippen molar-refractivity contribution in [2.24, 2.45) is 0 Å². The molecule has 4 nitrogen and oxygen atoms in total. The summed E-state index contributed by atoms with van der Waals surface area (Å²) in [5.74, 6) is 0.622. The highest BCUT2D eigenvalue weighted by molar-refractivity contribution is 7.80. The van der Waals surface area contributed by atoms with E-state index in [2.05, 4.69) is 58.6 Å². The normalized spacial score (nSPS) is 10.4. The number of hydrogen-bond acceptors (Lipinski definition) is 6. The van der Waals surface area contributed by atoms with Crippen LogP contribution in [0.25, 0.3) is 0 Å². The lowest BCUT2D eigenvalue weighted by molar-refractivity contribution is 0.640. The van der Waals surface area contributed by atoms with Gasteiger partial charge < -0.3 is 4.90 Å². The van der Waals surface area contributed by atoms with Crippen LogP contribution in [0.5, 0.6) is 0 Å². The molecule has 0 saturated carbocycles. The molecular weight excluding hydrogens is 264 g/mol. The van der Waals surface area contributed by atoms with Gasteiger partial charge in [0.05, 0.1) is 0 Å². The van der Waals surface area contributed by atoms with Crippen molar-refractivity contribution in [2.45, 2.75) is 42.9 Å². The molecule has 0 unspecified atom stereocenters. The summed E-state index contributed by atoms with van der Waals surface area (Å²) in [6, 6.07) is 0. The first kappa shape index (κ1) is 15.3. The third kappa shape index (κ3) is 5.27. The van der Waals surface area contributed by atoms with Gasteiger partial charge in [-0.2, -0.15) is 15.0 Å². The molecule has 100 valence electrons. The van der Waals surface area contributed by atoms with E-state index in [9.17, 15) is 0 Å². The zero-order valence-electron chi connectivity index (χ0n) is 10.7. The summed E-state index contributed by atoms with van der Waals surface area (Å²) in [5, 5.41) is 0.792. The van der Waals surface area contributed by atoms with E-state index in [1.807, 2.05) is 6.08 Å². The molecule has 1 rings (SSSR count). The predicted octanol–water partition coefficient (Wildman–Crippen LogP) is 3.02. The lowest BCUT2D eigenvalue weighted by atomic mass is 10.2. The maximum Gasteiger partial charge on any atom is 0.230 e. The fraction of sp³-hybridized carbons (Fsp3) is 0.583. The highest BCUT2D eigenvalue weighted by Gasteiger charge is 2.10. The molecule has 1 aromatic rings. The van der Waals surface area contributed by atoms with Gasteiger partial charge >= 0.3 is 0 Å². The minimum Gasteiger partial charge on any atom is -0.337 e. The van der Waals surface area contributed by atoms with Gasteiger partial charge in [-0.3, -0.25) is 0 Å².